The molecular weight excluding hydrogens is 590 g/mol. The number of benzene rings is 2. The summed E-state index contributed by atoms with van der Waals surface area (Å²) in [6.45, 7) is 1.00. The third-order valence-electron chi connectivity index (χ3n) is 7.24. The number of alkyl halides is 3. The van der Waals surface area contributed by atoms with E-state index >= 15 is 0 Å². The Morgan fingerprint density at radius 3 is 2.36 bits per heavy atom. The monoisotopic (exact) mass is 619 g/mol. The molecule has 39 heavy (non-hydrogen) atoms. The summed E-state index contributed by atoms with van der Waals surface area (Å²) in [5.74, 6) is -1.76. The number of carboxylic acids is 1. The molecule has 3 N–H and O–H groups in total. The molecule has 214 valence electrons. The molecule has 2 aliphatic rings. The highest BCUT2D eigenvalue weighted by Gasteiger charge is 2.50. The lowest BCUT2D eigenvalue weighted by Gasteiger charge is -2.45. The Morgan fingerprint density at radius 2 is 1.77 bits per heavy atom. The van der Waals surface area contributed by atoms with Crippen LogP contribution in [0.3, 0.4) is 0 Å². The quantitative estimate of drug-likeness (QED) is 0.379. The van der Waals surface area contributed by atoms with Crippen molar-refractivity contribution < 1.29 is 41.7 Å². The number of likely N-dealkylation sites (tertiary alicyclic amines) is 1. The van der Waals surface area contributed by atoms with Crippen LogP contribution in [-0.2, 0) is 10.2 Å². The molecule has 0 aromatic heterocycles. The van der Waals surface area contributed by atoms with E-state index in [0.717, 1.165) is 43.7 Å². The first-order valence-electron chi connectivity index (χ1n) is 12.1. The van der Waals surface area contributed by atoms with E-state index < -0.39 is 18.0 Å². The highest BCUT2D eigenvalue weighted by molar-refractivity contribution is 9.10. The van der Waals surface area contributed by atoms with Crippen LogP contribution in [0, 0.1) is 5.82 Å². The fourth-order valence-electron chi connectivity index (χ4n) is 5.33. The number of likely N-dealkylation sites (N-methyl/N-ethyl adjacent to an activating group) is 1. The molecule has 1 aliphatic heterocycles. The maximum absolute atomic E-state index is 14.1. The van der Waals surface area contributed by atoms with Gasteiger partial charge in [-0.25, -0.2) is 14.0 Å². The van der Waals surface area contributed by atoms with Gasteiger partial charge < -0.3 is 30.1 Å². The van der Waals surface area contributed by atoms with Crippen LogP contribution in [0.2, 0.25) is 0 Å². The summed E-state index contributed by atoms with van der Waals surface area (Å²) >= 11 is 3.23. The van der Waals surface area contributed by atoms with Crippen LogP contribution in [0.4, 0.5) is 28.0 Å². The number of amides is 2. The van der Waals surface area contributed by atoms with E-state index in [2.05, 4.69) is 50.6 Å². The highest BCUT2D eigenvalue weighted by Crippen LogP contribution is 2.49. The van der Waals surface area contributed by atoms with Crippen LogP contribution in [-0.4, -0.2) is 68.1 Å². The number of hydrogen-bond acceptors (Lipinski definition) is 5. The van der Waals surface area contributed by atoms with Gasteiger partial charge in [0.25, 0.3) is 0 Å². The van der Waals surface area contributed by atoms with E-state index in [4.69, 9.17) is 19.4 Å². The fraction of sp³-hybridized carbons (Fsp3) is 0.462. The van der Waals surface area contributed by atoms with Crippen molar-refractivity contribution in [3.8, 4) is 11.5 Å². The maximum atomic E-state index is 14.1. The molecule has 0 radical (unpaired) electrons. The predicted octanol–water partition coefficient (Wildman–Crippen LogP) is 5.55. The number of ether oxygens (including phenoxy) is 2. The second kappa shape index (κ2) is 12.4. The number of nitrogens with one attached hydrogen (secondary N) is 2. The summed E-state index contributed by atoms with van der Waals surface area (Å²) in [4.78, 5) is 23.8. The molecule has 2 amide bonds. The lowest BCUT2D eigenvalue weighted by atomic mass is 9.65. The Kier molecular flexibility index (Phi) is 9.70. The van der Waals surface area contributed by atoms with Crippen molar-refractivity contribution in [3.05, 3.63) is 52.3 Å². The second-order valence-electron chi connectivity index (χ2n) is 9.47. The first kappa shape index (κ1) is 30.5. The normalized spacial score (nSPS) is 22.7. The first-order chi connectivity index (χ1) is 18.3. The predicted molar refractivity (Wildman–Crippen MR) is 140 cm³/mol. The van der Waals surface area contributed by atoms with Crippen LogP contribution < -0.4 is 20.1 Å². The molecule has 0 spiro atoms. The molecular formula is C26H30BrF4N3O5. The lowest BCUT2D eigenvalue weighted by Crippen LogP contribution is -2.52. The Bertz CT molecular complexity index is 1200. The number of nitrogens with zero attached hydrogens (tertiary/aromatic N) is 1. The lowest BCUT2D eigenvalue weighted by molar-refractivity contribution is -0.192. The van der Waals surface area contributed by atoms with Gasteiger partial charge in [-0.2, -0.15) is 13.2 Å². The second-order valence-corrected chi connectivity index (χ2v) is 10.4. The topological polar surface area (TPSA) is 100 Å². The van der Waals surface area contributed by atoms with Gasteiger partial charge in [-0.15, -0.1) is 0 Å². The van der Waals surface area contributed by atoms with E-state index in [1.807, 2.05) is 6.07 Å². The molecule has 2 fully saturated rings. The SMILES string of the molecule is COc1ccc(C23CCC(NC(=O)Nc4ccc(Br)cc4F)CC2N(C)CC3)cc1OC.O=C(O)C(F)(F)F. The molecule has 3 atom stereocenters. The summed E-state index contributed by atoms with van der Waals surface area (Å²) in [5.41, 5.74) is 1.43. The summed E-state index contributed by atoms with van der Waals surface area (Å²) < 4.78 is 57.4. The standard InChI is InChI=1S/C24H29BrFN3O3.C2HF3O2/c1-29-11-10-24(15-4-7-20(31-2)21(12-15)32-3)9-8-17(14-22(24)29)27-23(30)28-19-6-5-16(25)13-18(19)26;3-2(4,5)1(6)7/h4-7,12-13,17,22H,8-11,14H2,1-3H3,(H2,27,28,30);(H,6,7). The number of fused-ring (bicyclic) bond motifs is 1. The number of hydrogen-bond donors (Lipinski definition) is 3. The number of anilines is 1. The van der Waals surface area contributed by atoms with Crippen molar-refractivity contribution in [1.29, 1.82) is 0 Å². The molecule has 3 unspecified atom stereocenters. The van der Waals surface area contributed by atoms with E-state index in [1.165, 1.54) is 11.6 Å². The minimum atomic E-state index is -5.08. The smallest absolute Gasteiger partial charge is 0.490 e. The molecule has 1 saturated carbocycles. The van der Waals surface area contributed by atoms with Crippen molar-refractivity contribution in [1.82, 2.24) is 10.2 Å². The Labute approximate surface area is 231 Å². The average molecular weight is 620 g/mol. The van der Waals surface area contributed by atoms with Gasteiger partial charge in [0, 0.05) is 22.0 Å². The maximum Gasteiger partial charge on any atom is 0.490 e. The van der Waals surface area contributed by atoms with Crippen LogP contribution in [0.25, 0.3) is 0 Å². The number of methoxy groups -OCH3 is 2. The van der Waals surface area contributed by atoms with Crippen LogP contribution in [0.15, 0.2) is 40.9 Å². The Hall–Kier alpha value is -3.06. The highest BCUT2D eigenvalue weighted by atomic mass is 79.9. The van der Waals surface area contributed by atoms with Crippen LogP contribution in [0.1, 0.15) is 31.2 Å². The zero-order chi connectivity index (χ0) is 29.0. The number of rotatable bonds is 5. The zero-order valence-corrected chi connectivity index (χ0v) is 23.2. The third-order valence-corrected chi connectivity index (χ3v) is 7.74. The van der Waals surface area contributed by atoms with E-state index in [-0.39, 0.29) is 23.2 Å². The van der Waals surface area contributed by atoms with Gasteiger partial charge in [0.2, 0.25) is 0 Å². The number of urea groups is 1. The minimum Gasteiger partial charge on any atom is -0.493 e. The van der Waals surface area contributed by atoms with Gasteiger partial charge in [-0.3, -0.25) is 0 Å². The van der Waals surface area contributed by atoms with Crippen molar-refractivity contribution in [2.45, 2.75) is 49.4 Å². The van der Waals surface area contributed by atoms with Gasteiger partial charge in [0.1, 0.15) is 5.82 Å². The molecule has 0 bridgehead atoms. The molecule has 1 aliphatic carbocycles. The van der Waals surface area contributed by atoms with Crippen molar-refractivity contribution >= 4 is 33.6 Å². The molecule has 8 nitrogen and oxygen atoms in total. The Balaban J connectivity index is 0.000000532. The first-order valence-corrected chi connectivity index (χ1v) is 12.9. The number of halogens is 5. The van der Waals surface area contributed by atoms with Gasteiger partial charge in [-0.05, 0) is 75.2 Å². The number of aliphatic carboxylic acids is 1. The zero-order valence-electron chi connectivity index (χ0n) is 21.6. The average Bonchev–Trinajstić information content (AvgIpc) is 3.22. The van der Waals surface area contributed by atoms with Gasteiger partial charge in [0.15, 0.2) is 11.5 Å². The van der Waals surface area contributed by atoms with E-state index in [1.54, 1.807) is 26.4 Å². The summed E-state index contributed by atoms with van der Waals surface area (Å²) in [6, 6.07) is 10.7. The largest absolute Gasteiger partial charge is 0.493 e. The molecule has 2 aromatic carbocycles. The molecule has 1 heterocycles. The van der Waals surface area contributed by atoms with Crippen molar-refractivity contribution in [2.24, 2.45) is 0 Å². The summed E-state index contributed by atoms with van der Waals surface area (Å²) in [6.07, 6.45) is -1.38. The molecule has 1 saturated heterocycles. The fourth-order valence-corrected chi connectivity index (χ4v) is 5.66. The van der Waals surface area contributed by atoms with Gasteiger partial charge >= 0.3 is 18.2 Å². The molecule has 13 heteroatoms. The van der Waals surface area contributed by atoms with Gasteiger partial charge in [0.05, 0.1) is 19.9 Å². The minimum absolute atomic E-state index is 0.0147. The van der Waals surface area contributed by atoms with Crippen LogP contribution in [0.5, 0.6) is 11.5 Å². The van der Waals surface area contributed by atoms with Crippen molar-refractivity contribution in [3.63, 3.8) is 0 Å². The number of carbonyl (C=O) groups excluding carboxylic acids is 1. The van der Waals surface area contributed by atoms with Gasteiger partial charge in [-0.1, -0.05) is 22.0 Å². The van der Waals surface area contributed by atoms with Crippen molar-refractivity contribution in [2.75, 3.05) is 33.1 Å². The van der Waals surface area contributed by atoms with E-state index in [0.29, 0.717) is 10.5 Å². The van der Waals surface area contributed by atoms with Crippen LogP contribution >= 0.6 is 15.9 Å². The molecule has 4 rings (SSSR count). The molecule has 2 aromatic rings. The summed E-state index contributed by atoms with van der Waals surface area (Å²) in [7, 11) is 5.45. The third kappa shape index (κ3) is 7.13. The Morgan fingerprint density at radius 1 is 1.10 bits per heavy atom. The summed E-state index contributed by atoms with van der Waals surface area (Å²) in [5, 5.41) is 12.8. The number of carbonyl (C=O) groups is 2. The number of carboxylic acid groups (broad SMARTS) is 1. The van der Waals surface area contributed by atoms with E-state index in [9.17, 15) is 22.4 Å².